The lowest BCUT2D eigenvalue weighted by molar-refractivity contribution is 0.0247. The van der Waals surface area contributed by atoms with E-state index in [0.29, 0.717) is 35.7 Å². The van der Waals surface area contributed by atoms with Gasteiger partial charge in [-0.25, -0.2) is 18.6 Å². The van der Waals surface area contributed by atoms with Gasteiger partial charge in [-0.05, 0) is 83.4 Å². The molecule has 0 radical (unpaired) electrons. The molecule has 4 aliphatic rings. The molecule has 9 nitrogen and oxygen atoms in total. The number of ether oxygens (including phenoxy) is 2. The van der Waals surface area contributed by atoms with Gasteiger partial charge in [-0.2, -0.15) is 5.26 Å². The van der Waals surface area contributed by atoms with Crippen LogP contribution in [0.15, 0.2) is 51.0 Å². The maximum Gasteiger partial charge on any atom is 0.410 e. The van der Waals surface area contributed by atoms with E-state index in [1.807, 2.05) is 45.7 Å². The zero-order chi connectivity index (χ0) is 38.2. The molecule has 12 heteroatoms. The Morgan fingerprint density at radius 2 is 1.88 bits per heavy atom. The van der Waals surface area contributed by atoms with E-state index >= 15 is 8.78 Å². The second-order valence-corrected chi connectivity index (χ2v) is 15.5. The number of amides is 1. The predicted molar refractivity (Wildman–Crippen MR) is 208 cm³/mol. The summed E-state index contributed by atoms with van der Waals surface area (Å²) < 4.78 is 43.0. The van der Waals surface area contributed by atoms with Crippen molar-refractivity contribution in [3.05, 3.63) is 62.0 Å². The molecule has 1 fully saturated rings. The molecule has 1 atom stereocenters. The molecule has 4 heterocycles. The third-order valence-electron chi connectivity index (χ3n) is 9.45. The van der Waals surface area contributed by atoms with Crippen molar-refractivity contribution in [3.8, 4) is 6.07 Å². The fraction of sp³-hybridized carbons (Fsp3) is 0.575. The average Bonchev–Trinajstić information content (AvgIpc) is 3.89. The predicted octanol–water partition coefficient (Wildman–Crippen LogP) is 9.41. The average molecular weight is 739 g/mol. The fourth-order valence-electron chi connectivity index (χ4n) is 6.73. The summed E-state index contributed by atoms with van der Waals surface area (Å²) in [6.07, 6.45) is 10.1. The van der Waals surface area contributed by atoms with Crippen LogP contribution in [0, 0.1) is 11.3 Å². The smallest absolute Gasteiger partial charge is 0.410 e. The molecule has 0 saturated carbocycles. The van der Waals surface area contributed by atoms with Gasteiger partial charge in [0.2, 0.25) is 0 Å². The van der Waals surface area contributed by atoms with Crippen molar-refractivity contribution >= 4 is 39.8 Å². The summed E-state index contributed by atoms with van der Waals surface area (Å²) in [5.74, 6) is -0.239. The number of halogens is 2. The van der Waals surface area contributed by atoms with Crippen LogP contribution < -0.4 is 11.1 Å². The number of nitrogens with zero attached hydrogens (tertiary/aromatic N) is 4. The lowest BCUT2D eigenvalue weighted by Crippen LogP contribution is -2.42. The van der Waals surface area contributed by atoms with Gasteiger partial charge in [0.05, 0.1) is 23.7 Å². The summed E-state index contributed by atoms with van der Waals surface area (Å²) in [6, 6.07) is 1.32. The van der Waals surface area contributed by atoms with E-state index in [2.05, 4.69) is 30.1 Å². The maximum atomic E-state index is 16.7. The summed E-state index contributed by atoms with van der Waals surface area (Å²) in [5, 5.41) is 13.5. The highest BCUT2D eigenvalue weighted by Crippen LogP contribution is 2.51. The van der Waals surface area contributed by atoms with Crippen LogP contribution >= 0.6 is 11.3 Å². The van der Waals surface area contributed by atoms with E-state index in [1.165, 1.54) is 18.9 Å². The van der Waals surface area contributed by atoms with Gasteiger partial charge in [-0.15, -0.1) is 11.3 Å². The highest BCUT2D eigenvalue weighted by Gasteiger charge is 2.41. The van der Waals surface area contributed by atoms with E-state index in [-0.39, 0.29) is 28.1 Å². The number of fused-ring (bicyclic) bond motifs is 2. The summed E-state index contributed by atoms with van der Waals surface area (Å²) in [6.45, 7) is 19.3. The van der Waals surface area contributed by atoms with E-state index in [9.17, 15) is 10.1 Å². The number of carbonyl (C=O) groups is 1. The molecular formula is C40H56F2N6O3S. The second-order valence-electron chi connectivity index (χ2n) is 14.4. The van der Waals surface area contributed by atoms with E-state index < -0.39 is 23.3 Å². The van der Waals surface area contributed by atoms with Gasteiger partial charge in [-0.3, -0.25) is 0 Å². The number of allylic oxidation sites excluding steroid dienone is 3. The van der Waals surface area contributed by atoms with Gasteiger partial charge in [0, 0.05) is 49.1 Å². The number of nitrogens with two attached hydrogens (primary N) is 1. The lowest BCUT2D eigenvalue weighted by atomic mass is 9.78. The van der Waals surface area contributed by atoms with Crippen LogP contribution in [0.4, 0.5) is 18.6 Å². The number of carbonyl (C=O) groups excluding carboxylic acids is 1. The number of guanidine groups is 1. The standard InChI is InChI=1S/C27H29F2N5OS.C13H27NO2/c1-4-14(3)20(22-15(10-30)26(31)36-25(22)19(28)5-2)21-18-13-35-12-17(18)16-11-32-27(33-24(16)23(21)29)34-8-6-7-9-34;1-6-8-9-11-14(10-7-2)12(15)16-13(3,4)5/h5,11,24H,4,6-9,12-13,31H2,1-3H3,(H,32,33);6-11H2,1-5H3/b19-5+,20-14?;. The van der Waals surface area contributed by atoms with Crippen LogP contribution in [0.25, 0.3) is 11.4 Å². The van der Waals surface area contributed by atoms with Crippen molar-refractivity contribution in [2.45, 2.75) is 112 Å². The zero-order valence-electron chi connectivity index (χ0n) is 32.2. The number of rotatable bonds is 10. The third kappa shape index (κ3) is 9.15. The van der Waals surface area contributed by atoms with Gasteiger partial charge in [0.25, 0.3) is 0 Å². The molecule has 3 N–H and O–H groups in total. The molecule has 1 aliphatic carbocycles. The van der Waals surface area contributed by atoms with Crippen molar-refractivity contribution < 1.29 is 23.0 Å². The van der Waals surface area contributed by atoms with Crippen LogP contribution in [-0.4, -0.2) is 72.9 Å². The van der Waals surface area contributed by atoms with Gasteiger partial charge in [0.15, 0.2) is 5.96 Å². The minimum atomic E-state index is -0.825. The molecule has 1 amide bonds. The Kier molecular flexibility index (Phi) is 14.3. The molecule has 0 spiro atoms. The van der Waals surface area contributed by atoms with E-state index in [4.69, 9.17) is 20.2 Å². The zero-order valence-corrected chi connectivity index (χ0v) is 33.0. The molecule has 0 aromatic carbocycles. The number of hydrogen-bond acceptors (Lipinski definition) is 9. The number of hydrogen-bond donors (Lipinski definition) is 2. The highest BCUT2D eigenvalue weighted by atomic mass is 32.1. The molecule has 1 unspecified atom stereocenters. The largest absolute Gasteiger partial charge is 0.444 e. The molecule has 5 rings (SSSR count). The van der Waals surface area contributed by atoms with Gasteiger partial charge < -0.3 is 30.3 Å². The SMILES string of the molecule is C/C=C(/F)c1sc(N)c(C#N)c1C(=C(C)CC)C1=C(F)C2N=C(N3CCCC3)NC=C2C2=C1COC2.CCCCCN(CCC)C(=O)OC(C)(C)C. The number of anilines is 1. The van der Waals surface area contributed by atoms with Gasteiger partial charge in [-0.1, -0.05) is 45.3 Å². The van der Waals surface area contributed by atoms with E-state index in [0.717, 1.165) is 85.5 Å². The first-order valence-corrected chi connectivity index (χ1v) is 19.5. The first kappa shape index (κ1) is 40.8. The van der Waals surface area contributed by atoms with Crippen LogP contribution in [0.1, 0.15) is 116 Å². The van der Waals surface area contributed by atoms with Gasteiger partial charge >= 0.3 is 6.09 Å². The molecule has 284 valence electrons. The summed E-state index contributed by atoms with van der Waals surface area (Å²) in [5.41, 5.74) is 10.4. The van der Waals surface area contributed by atoms with Crippen molar-refractivity contribution in [1.82, 2.24) is 15.1 Å². The Morgan fingerprint density at radius 3 is 2.48 bits per heavy atom. The Labute approximate surface area is 312 Å². The van der Waals surface area contributed by atoms with Crippen molar-refractivity contribution in [2.24, 2.45) is 4.99 Å². The first-order chi connectivity index (χ1) is 24.8. The van der Waals surface area contributed by atoms with Crippen LogP contribution in [0.2, 0.25) is 0 Å². The molecule has 1 aromatic rings. The topological polar surface area (TPSA) is 116 Å². The van der Waals surface area contributed by atoms with Gasteiger partial charge in [0.1, 0.15) is 34.4 Å². The Morgan fingerprint density at radius 1 is 1.19 bits per heavy atom. The Balaban J connectivity index is 0.000000321. The Hall–Kier alpha value is -3.95. The van der Waals surface area contributed by atoms with Crippen LogP contribution in [-0.2, 0) is 9.47 Å². The highest BCUT2D eigenvalue weighted by molar-refractivity contribution is 7.17. The number of aliphatic imine (C=N–C) groups is 1. The molecule has 0 bridgehead atoms. The normalized spacial score (nSPS) is 19.1. The fourth-order valence-corrected chi connectivity index (χ4v) is 7.72. The summed E-state index contributed by atoms with van der Waals surface area (Å²) in [7, 11) is 0. The first-order valence-electron chi connectivity index (χ1n) is 18.6. The van der Waals surface area contributed by atoms with Crippen LogP contribution in [0.3, 0.4) is 0 Å². The third-order valence-corrected chi connectivity index (χ3v) is 10.5. The number of nitrogen functional groups attached to an aromatic ring is 1. The van der Waals surface area contributed by atoms with Crippen LogP contribution in [0.5, 0.6) is 0 Å². The monoisotopic (exact) mass is 738 g/mol. The second kappa shape index (κ2) is 18.2. The number of nitriles is 1. The maximum absolute atomic E-state index is 16.7. The number of unbranched alkanes of at least 4 members (excludes halogenated alkanes) is 2. The molecule has 1 saturated heterocycles. The molecule has 52 heavy (non-hydrogen) atoms. The van der Waals surface area contributed by atoms with Crippen molar-refractivity contribution in [3.63, 3.8) is 0 Å². The molecule has 1 aromatic heterocycles. The van der Waals surface area contributed by atoms with Crippen molar-refractivity contribution in [2.75, 3.05) is 45.1 Å². The van der Waals surface area contributed by atoms with E-state index in [1.54, 1.807) is 6.92 Å². The summed E-state index contributed by atoms with van der Waals surface area (Å²) >= 11 is 1.01. The molecular weight excluding hydrogens is 683 g/mol. The summed E-state index contributed by atoms with van der Waals surface area (Å²) in [4.78, 5) is 20.8. The minimum absolute atomic E-state index is 0.170. The lowest BCUT2D eigenvalue weighted by Gasteiger charge is -2.32. The van der Waals surface area contributed by atoms with Crippen molar-refractivity contribution in [1.29, 1.82) is 5.26 Å². The number of nitrogens with one attached hydrogen (secondary N) is 1. The quantitative estimate of drug-likeness (QED) is 0.230. The number of thiophene rings is 1. The molecule has 3 aliphatic heterocycles. The number of likely N-dealkylation sites (tertiary alicyclic amines) is 1. The Bertz CT molecular complexity index is 1720. The minimum Gasteiger partial charge on any atom is -0.444 e.